The Kier molecular flexibility index (Phi) is 5.54. The van der Waals surface area contributed by atoms with E-state index in [0.717, 1.165) is 12.1 Å². The quantitative estimate of drug-likeness (QED) is 0.528. The maximum absolute atomic E-state index is 9.58. The lowest BCUT2D eigenvalue weighted by Crippen LogP contribution is -2.31. The first kappa shape index (κ1) is 17.5. The molecule has 0 saturated heterocycles. The number of ether oxygens (including phenoxy) is 1. The van der Waals surface area contributed by atoms with E-state index in [9.17, 15) is 5.11 Å². The maximum Gasteiger partial charge on any atom is 0.216 e. The zero-order valence-corrected chi connectivity index (χ0v) is 14.0. The summed E-state index contributed by atoms with van der Waals surface area (Å²) in [7, 11) is 1.66. The molecule has 2 aromatic heterocycles. The Morgan fingerprint density at radius 2 is 2.08 bits per heavy atom. The lowest BCUT2D eigenvalue weighted by atomic mass is 10.2. The van der Waals surface area contributed by atoms with Crippen LogP contribution in [-0.4, -0.2) is 38.7 Å². The Bertz CT molecular complexity index is 745. The Morgan fingerprint density at radius 1 is 1.33 bits per heavy atom. The van der Waals surface area contributed by atoms with Crippen LogP contribution in [0.4, 0.5) is 0 Å². The summed E-state index contributed by atoms with van der Waals surface area (Å²) in [6.45, 7) is 3.82. The van der Waals surface area contributed by atoms with Crippen LogP contribution in [0.1, 0.15) is 24.0 Å². The average Bonchev–Trinajstić information content (AvgIpc) is 2.57. The molecule has 0 amide bonds. The predicted octanol–water partition coefficient (Wildman–Crippen LogP) is 0.960. The van der Waals surface area contributed by atoms with E-state index in [4.69, 9.17) is 16.3 Å². The van der Waals surface area contributed by atoms with Crippen molar-refractivity contribution in [3.05, 3.63) is 47.3 Å². The zero-order valence-electron chi connectivity index (χ0n) is 14.0. The highest BCUT2D eigenvalue weighted by Gasteiger charge is 2.13. The largest absolute Gasteiger partial charge is 0.506 e. The third-order valence-electron chi connectivity index (χ3n) is 3.49. The molecule has 2 aromatic rings. The van der Waals surface area contributed by atoms with E-state index in [2.05, 4.69) is 15.0 Å². The second kappa shape index (κ2) is 7.60. The van der Waals surface area contributed by atoms with Crippen LogP contribution in [0.5, 0.6) is 11.6 Å². The van der Waals surface area contributed by atoms with Crippen LogP contribution in [0.15, 0.2) is 30.2 Å². The molecule has 0 fully saturated rings. The van der Waals surface area contributed by atoms with E-state index in [0.29, 0.717) is 28.7 Å². The highest BCUT2D eigenvalue weighted by atomic mass is 16.5. The van der Waals surface area contributed by atoms with Gasteiger partial charge in [-0.3, -0.25) is 0 Å². The third-order valence-corrected chi connectivity index (χ3v) is 3.49. The van der Waals surface area contributed by atoms with Gasteiger partial charge >= 0.3 is 0 Å². The SMILES string of the molecule is CCc1cc(OC/C(=C(/N)c2ccc(O)c(C)n2)N(C)N)ncn1. The summed E-state index contributed by atoms with van der Waals surface area (Å²) in [6, 6.07) is 4.94. The number of aryl methyl sites for hydroxylation is 2. The molecular weight excluding hydrogens is 308 g/mol. The van der Waals surface area contributed by atoms with Gasteiger partial charge in [0.05, 0.1) is 22.8 Å². The van der Waals surface area contributed by atoms with Crippen LogP contribution >= 0.6 is 0 Å². The average molecular weight is 330 g/mol. The molecule has 2 heterocycles. The molecule has 0 aliphatic carbocycles. The van der Waals surface area contributed by atoms with Gasteiger partial charge in [-0.15, -0.1) is 0 Å². The summed E-state index contributed by atoms with van der Waals surface area (Å²) in [5.41, 5.74) is 8.98. The van der Waals surface area contributed by atoms with Gasteiger partial charge in [0.1, 0.15) is 18.7 Å². The van der Waals surface area contributed by atoms with E-state index in [1.54, 1.807) is 26.1 Å². The highest BCUT2D eigenvalue weighted by molar-refractivity contribution is 5.63. The molecule has 0 aliphatic rings. The van der Waals surface area contributed by atoms with Gasteiger partial charge in [-0.25, -0.2) is 20.8 Å². The lowest BCUT2D eigenvalue weighted by molar-refractivity contribution is 0.286. The standard InChI is InChI=1S/C16H22N6O2/c1-4-11-7-15(20-9-19-11)24-8-13(22(3)18)16(17)12-5-6-14(23)10(2)21-12/h5-7,9,23H,4,8,17-18H2,1-3H3/b16-13-. The zero-order chi connectivity index (χ0) is 17.7. The van der Waals surface area contributed by atoms with Crippen molar-refractivity contribution in [2.75, 3.05) is 13.7 Å². The molecule has 24 heavy (non-hydrogen) atoms. The van der Waals surface area contributed by atoms with Crippen LogP contribution < -0.4 is 16.3 Å². The molecular formula is C16H22N6O2. The second-order valence-electron chi connectivity index (χ2n) is 5.26. The van der Waals surface area contributed by atoms with Crippen LogP contribution in [0.25, 0.3) is 5.70 Å². The van der Waals surface area contributed by atoms with Crippen molar-refractivity contribution < 1.29 is 9.84 Å². The monoisotopic (exact) mass is 330 g/mol. The van der Waals surface area contributed by atoms with Gasteiger partial charge in [0, 0.05) is 18.8 Å². The molecule has 0 saturated carbocycles. The fraction of sp³-hybridized carbons (Fsp3) is 0.312. The fourth-order valence-corrected chi connectivity index (χ4v) is 2.01. The number of rotatable bonds is 6. The number of hydrogen-bond donors (Lipinski definition) is 3. The first-order valence-corrected chi connectivity index (χ1v) is 7.50. The van der Waals surface area contributed by atoms with Gasteiger partial charge < -0.3 is 20.6 Å². The fourth-order valence-electron chi connectivity index (χ4n) is 2.01. The minimum absolute atomic E-state index is 0.110. The van der Waals surface area contributed by atoms with E-state index >= 15 is 0 Å². The Hall–Kier alpha value is -2.87. The Morgan fingerprint density at radius 3 is 2.71 bits per heavy atom. The maximum atomic E-state index is 9.58. The summed E-state index contributed by atoms with van der Waals surface area (Å²) in [4.78, 5) is 12.5. The first-order valence-electron chi connectivity index (χ1n) is 7.50. The van der Waals surface area contributed by atoms with Gasteiger partial charge in [0.2, 0.25) is 5.88 Å². The molecule has 0 radical (unpaired) electrons. The molecule has 128 valence electrons. The van der Waals surface area contributed by atoms with Gasteiger partial charge in [0.15, 0.2) is 0 Å². The number of pyridine rings is 1. The molecule has 2 rings (SSSR count). The summed E-state index contributed by atoms with van der Waals surface area (Å²) in [5.74, 6) is 6.43. The van der Waals surface area contributed by atoms with Crippen LogP contribution in [0.2, 0.25) is 0 Å². The van der Waals surface area contributed by atoms with E-state index in [1.807, 2.05) is 6.92 Å². The molecule has 0 aliphatic heterocycles. The topological polar surface area (TPSA) is 123 Å². The molecule has 8 nitrogen and oxygen atoms in total. The van der Waals surface area contributed by atoms with Crippen LogP contribution in [0.3, 0.4) is 0 Å². The van der Waals surface area contributed by atoms with E-state index < -0.39 is 0 Å². The molecule has 8 heteroatoms. The normalized spacial score (nSPS) is 11.8. The number of likely N-dealkylation sites (N-methyl/N-ethyl adjacent to an activating group) is 1. The summed E-state index contributed by atoms with van der Waals surface area (Å²) in [5, 5.41) is 11.0. The molecule has 0 spiro atoms. The minimum Gasteiger partial charge on any atom is -0.506 e. The minimum atomic E-state index is 0.110. The lowest BCUT2D eigenvalue weighted by Gasteiger charge is -2.20. The predicted molar refractivity (Wildman–Crippen MR) is 90.6 cm³/mol. The van der Waals surface area contributed by atoms with E-state index in [1.165, 1.54) is 17.4 Å². The number of hydrazine groups is 1. The van der Waals surface area contributed by atoms with Crippen molar-refractivity contribution in [3.63, 3.8) is 0 Å². The third kappa shape index (κ3) is 4.11. The van der Waals surface area contributed by atoms with Gasteiger partial charge in [-0.2, -0.15) is 0 Å². The first-order chi connectivity index (χ1) is 11.4. The van der Waals surface area contributed by atoms with Crippen molar-refractivity contribution in [1.82, 2.24) is 20.0 Å². The van der Waals surface area contributed by atoms with Gasteiger partial charge in [0.25, 0.3) is 0 Å². The molecule has 0 bridgehead atoms. The summed E-state index contributed by atoms with van der Waals surface area (Å²) < 4.78 is 5.68. The Balaban J connectivity index is 2.25. The van der Waals surface area contributed by atoms with Crippen molar-refractivity contribution in [3.8, 4) is 11.6 Å². The number of hydrogen-bond acceptors (Lipinski definition) is 8. The molecule has 0 atom stereocenters. The number of nitrogens with two attached hydrogens (primary N) is 2. The van der Waals surface area contributed by atoms with Crippen molar-refractivity contribution in [1.29, 1.82) is 0 Å². The van der Waals surface area contributed by atoms with Crippen molar-refractivity contribution >= 4 is 5.70 Å². The Labute approximate surface area is 140 Å². The van der Waals surface area contributed by atoms with Crippen LogP contribution in [-0.2, 0) is 6.42 Å². The van der Waals surface area contributed by atoms with Crippen molar-refractivity contribution in [2.45, 2.75) is 20.3 Å². The summed E-state index contributed by atoms with van der Waals surface area (Å²) in [6.07, 6.45) is 2.25. The molecule has 5 N–H and O–H groups in total. The highest BCUT2D eigenvalue weighted by Crippen LogP contribution is 2.19. The van der Waals surface area contributed by atoms with Gasteiger partial charge in [-0.05, 0) is 25.5 Å². The number of nitrogens with zero attached hydrogens (tertiary/aromatic N) is 4. The van der Waals surface area contributed by atoms with E-state index in [-0.39, 0.29) is 12.4 Å². The van der Waals surface area contributed by atoms with Gasteiger partial charge in [-0.1, -0.05) is 6.92 Å². The molecule has 0 unspecified atom stereocenters. The second-order valence-corrected chi connectivity index (χ2v) is 5.26. The molecule has 0 aromatic carbocycles. The number of aromatic nitrogens is 3. The van der Waals surface area contributed by atoms with Crippen molar-refractivity contribution in [2.24, 2.45) is 11.6 Å². The smallest absolute Gasteiger partial charge is 0.216 e. The summed E-state index contributed by atoms with van der Waals surface area (Å²) >= 11 is 0. The van der Waals surface area contributed by atoms with Crippen LogP contribution in [0, 0.1) is 6.92 Å². The number of aromatic hydroxyl groups is 1.